The second-order valence-corrected chi connectivity index (χ2v) is 10.1. The lowest BCUT2D eigenvalue weighted by molar-refractivity contribution is 0.0696. The summed E-state index contributed by atoms with van der Waals surface area (Å²) in [6, 6.07) is 11.7. The van der Waals surface area contributed by atoms with E-state index in [0.29, 0.717) is 29.5 Å². The minimum Gasteiger partial charge on any atom is -0.493 e. The van der Waals surface area contributed by atoms with Crippen LogP contribution in [0.4, 0.5) is 0 Å². The summed E-state index contributed by atoms with van der Waals surface area (Å²) in [5.74, 6) is 1.89. The Balaban J connectivity index is 1.62. The van der Waals surface area contributed by atoms with E-state index in [-0.39, 0.29) is 16.1 Å². The summed E-state index contributed by atoms with van der Waals surface area (Å²) in [7, 11) is 3.26. The number of para-hydroxylation sites is 1. The third-order valence-corrected chi connectivity index (χ3v) is 7.96. The van der Waals surface area contributed by atoms with Crippen molar-refractivity contribution in [1.82, 2.24) is 24.5 Å². The number of carboxylic acids is 1. The Kier molecular flexibility index (Phi) is 6.63. The van der Waals surface area contributed by atoms with E-state index in [0.717, 1.165) is 28.5 Å². The van der Waals surface area contributed by atoms with Crippen molar-refractivity contribution in [2.75, 3.05) is 14.2 Å². The fraction of sp³-hybridized carbons (Fsp3) is 0.280. The second-order valence-electron chi connectivity index (χ2n) is 8.32. The number of aryl methyl sites for hydroxylation is 2. The summed E-state index contributed by atoms with van der Waals surface area (Å²) < 4.78 is 15.1. The lowest BCUT2D eigenvalue weighted by Gasteiger charge is -2.24. The molecule has 1 aliphatic heterocycles. The average Bonchev–Trinajstić information content (AvgIpc) is 3.48. The van der Waals surface area contributed by atoms with E-state index in [1.54, 1.807) is 30.7 Å². The van der Waals surface area contributed by atoms with Gasteiger partial charge in [0.1, 0.15) is 5.82 Å². The molecule has 9 nitrogen and oxygen atoms in total. The van der Waals surface area contributed by atoms with Crippen molar-refractivity contribution in [3.63, 3.8) is 0 Å². The molecule has 0 spiro atoms. The molecule has 3 heterocycles. The SMILES string of the molecule is COc1cccc([C@H]2S[C@H](CCn3cc(C(=O)O)cn3)c3nnc(C)n3-c3ccc(Cl)cc32)c1OC. The maximum absolute atomic E-state index is 11.3. The fourth-order valence-electron chi connectivity index (χ4n) is 4.52. The Bertz CT molecular complexity index is 1440. The first kappa shape index (κ1) is 24.2. The Morgan fingerprint density at radius 1 is 1.17 bits per heavy atom. The number of benzene rings is 2. The number of halogens is 1. The first-order chi connectivity index (χ1) is 17.4. The van der Waals surface area contributed by atoms with Crippen LogP contribution in [-0.2, 0) is 6.54 Å². The number of hydrogen-bond acceptors (Lipinski definition) is 7. The summed E-state index contributed by atoms with van der Waals surface area (Å²) in [6.45, 7) is 2.44. The van der Waals surface area contributed by atoms with Crippen LogP contribution in [0.3, 0.4) is 0 Å². The molecular weight excluding hydrogens is 502 g/mol. The van der Waals surface area contributed by atoms with E-state index in [1.807, 2.05) is 43.3 Å². The van der Waals surface area contributed by atoms with Crippen LogP contribution in [-0.4, -0.2) is 49.8 Å². The Morgan fingerprint density at radius 2 is 2.00 bits per heavy atom. The first-order valence-electron chi connectivity index (χ1n) is 11.2. The number of methoxy groups -OCH3 is 2. The van der Waals surface area contributed by atoms with Crippen molar-refractivity contribution in [1.29, 1.82) is 0 Å². The summed E-state index contributed by atoms with van der Waals surface area (Å²) in [6.07, 6.45) is 3.54. The monoisotopic (exact) mass is 525 g/mol. The minimum atomic E-state index is -1.00. The van der Waals surface area contributed by atoms with Gasteiger partial charge in [0.05, 0.1) is 42.2 Å². The highest BCUT2D eigenvalue weighted by Gasteiger charge is 2.35. The number of carbonyl (C=O) groups is 1. The standard InChI is InChI=1S/C25H24ClN5O4S/c1-14-28-29-24-21(9-10-30-13-15(12-27-30)25(32)33)36-23(17-5-4-6-20(34-2)22(17)35-3)18-11-16(26)7-8-19(18)31(14)24/h4-8,11-13,21,23H,9-10H2,1-3H3,(H,32,33)/t21-,23-/m1/s1. The van der Waals surface area contributed by atoms with Crippen molar-refractivity contribution in [3.8, 4) is 17.2 Å². The Hall–Kier alpha value is -3.50. The lowest BCUT2D eigenvalue weighted by atomic mass is 10.0. The summed E-state index contributed by atoms with van der Waals surface area (Å²) in [5, 5.41) is 22.8. The average molecular weight is 526 g/mol. The van der Waals surface area contributed by atoms with Crippen LogP contribution in [0.5, 0.6) is 11.5 Å². The molecule has 11 heteroatoms. The normalized spacial score (nSPS) is 16.7. The largest absolute Gasteiger partial charge is 0.493 e. The smallest absolute Gasteiger partial charge is 0.338 e. The molecule has 1 aliphatic rings. The summed E-state index contributed by atoms with van der Waals surface area (Å²) in [5.41, 5.74) is 3.08. The van der Waals surface area contributed by atoms with Gasteiger partial charge in [-0.25, -0.2) is 4.79 Å². The molecule has 0 unspecified atom stereocenters. The summed E-state index contributed by atoms with van der Waals surface area (Å²) in [4.78, 5) is 11.3. The highest BCUT2D eigenvalue weighted by molar-refractivity contribution is 8.00. The minimum absolute atomic E-state index is 0.0873. The van der Waals surface area contributed by atoms with Gasteiger partial charge in [0.25, 0.3) is 0 Å². The third kappa shape index (κ3) is 4.31. The maximum Gasteiger partial charge on any atom is 0.338 e. The van der Waals surface area contributed by atoms with E-state index in [1.165, 1.54) is 12.4 Å². The Labute approximate surface area is 217 Å². The lowest BCUT2D eigenvalue weighted by Crippen LogP contribution is -2.09. The molecule has 0 saturated heterocycles. The predicted molar refractivity (Wildman–Crippen MR) is 137 cm³/mol. The van der Waals surface area contributed by atoms with Gasteiger partial charge < -0.3 is 14.6 Å². The zero-order chi connectivity index (χ0) is 25.4. The Morgan fingerprint density at radius 3 is 2.72 bits per heavy atom. The van der Waals surface area contributed by atoms with Crippen LogP contribution >= 0.6 is 23.4 Å². The molecule has 0 radical (unpaired) electrons. The van der Waals surface area contributed by atoms with Crippen molar-refractivity contribution in [2.45, 2.75) is 30.4 Å². The topological polar surface area (TPSA) is 104 Å². The van der Waals surface area contributed by atoms with Crippen molar-refractivity contribution < 1.29 is 19.4 Å². The van der Waals surface area contributed by atoms with Gasteiger partial charge in [0.15, 0.2) is 17.3 Å². The molecule has 2 aromatic heterocycles. The van der Waals surface area contributed by atoms with Crippen molar-refractivity contribution >= 4 is 29.3 Å². The highest BCUT2D eigenvalue weighted by Crippen LogP contribution is 2.53. The van der Waals surface area contributed by atoms with E-state index in [9.17, 15) is 9.90 Å². The van der Waals surface area contributed by atoms with Gasteiger partial charge in [0, 0.05) is 23.3 Å². The van der Waals surface area contributed by atoms with Gasteiger partial charge in [0.2, 0.25) is 0 Å². The molecule has 2 atom stereocenters. The van der Waals surface area contributed by atoms with Crippen LogP contribution in [0.2, 0.25) is 5.02 Å². The van der Waals surface area contributed by atoms with Crippen LogP contribution in [0.25, 0.3) is 5.69 Å². The van der Waals surface area contributed by atoms with Crippen molar-refractivity contribution in [3.05, 3.63) is 82.2 Å². The number of carboxylic acid groups (broad SMARTS) is 1. The van der Waals surface area contributed by atoms with Crippen LogP contribution in [0.1, 0.15) is 50.1 Å². The molecule has 4 aromatic rings. The van der Waals surface area contributed by atoms with Gasteiger partial charge in [-0.15, -0.1) is 22.0 Å². The van der Waals surface area contributed by atoms with E-state index in [4.69, 9.17) is 21.1 Å². The molecule has 2 aromatic carbocycles. The molecule has 36 heavy (non-hydrogen) atoms. The zero-order valence-corrected chi connectivity index (χ0v) is 21.5. The number of nitrogens with zero attached hydrogens (tertiary/aromatic N) is 5. The number of aromatic nitrogens is 5. The van der Waals surface area contributed by atoms with Gasteiger partial charge >= 0.3 is 5.97 Å². The van der Waals surface area contributed by atoms with Gasteiger partial charge in [-0.05, 0) is 43.2 Å². The van der Waals surface area contributed by atoms with E-state index in [2.05, 4.69) is 19.9 Å². The molecule has 0 fully saturated rings. The predicted octanol–water partition coefficient (Wildman–Crippen LogP) is 5.11. The number of fused-ring (bicyclic) bond motifs is 3. The molecule has 0 saturated carbocycles. The van der Waals surface area contributed by atoms with Crippen LogP contribution in [0, 0.1) is 6.92 Å². The van der Waals surface area contributed by atoms with Gasteiger partial charge in [-0.1, -0.05) is 23.7 Å². The second kappa shape index (κ2) is 9.87. The van der Waals surface area contributed by atoms with Crippen molar-refractivity contribution in [2.24, 2.45) is 0 Å². The van der Waals surface area contributed by atoms with Gasteiger partial charge in [-0.2, -0.15) is 5.10 Å². The zero-order valence-electron chi connectivity index (χ0n) is 19.9. The maximum atomic E-state index is 11.3. The summed E-state index contributed by atoms with van der Waals surface area (Å²) >= 11 is 8.21. The molecule has 1 N–H and O–H groups in total. The molecule has 0 bridgehead atoms. The van der Waals surface area contributed by atoms with Crippen LogP contribution in [0.15, 0.2) is 48.8 Å². The first-order valence-corrected chi connectivity index (χ1v) is 12.6. The van der Waals surface area contributed by atoms with E-state index >= 15 is 0 Å². The fourth-order valence-corrected chi connectivity index (χ4v) is 6.22. The third-order valence-electron chi connectivity index (χ3n) is 6.17. The molecule has 5 rings (SSSR count). The molecular formula is C25H24ClN5O4S. The van der Waals surface area contributed by atoms with Crippen LogP contribution < -0.4 is 9.47 Å². The molecule has 0 aliphatic carbocycles. The number of rotatable bonds is 7. The highest BCUT2D eigenvalue weighted by atomic mass is 35.5. The van der Waals surface area contributed by atoms with E-state index < -0.39 is 5.97 Å². The van der Waals surface area contributed by atoms with Gasteiger partial charge in [-0.3, -0.25) is 9.25 Å². The number of thioether (sulfide) groups is 1. The number of ether oxygens (including phenoxy) is 2. The molecule has 186 valence electrons. The number of aromatic carboxylic acids is 1. The molecule has 0 amide bonds. The number of hydrogen-bond donors (Lipinski definition) is 1. The quantitative estimate of drug-likeness (QED) is 0.355.